The van der Waals surface area contributed by atoms with Crippen LogP contribution >= 0.6 is 0 Å². The zero-order chi connectivity index (χ0) is 13.9. The predicted molar refractivity (Wildman–Crippen MR) is 71.8 cm³/mol. The summed E-state index contributed by atoms with van der Waals surface area (Å²) in [5, 5.41) is 18.5. The van der Waals surface area contributed by atoms with Crippen LogP contribution < -0.4 is 5.32 Å². The first-order chi connectivity index (χ1) is 9.70. The molecule has 0 amide bonds. The minimum Gasteiger partial charge on any atom is -0.366 e. The number of fused-ring (bicyclic) bond motifs is 1. The average molecular weight is 272 g/mol. The van der Waals surface area contributed by atoms with E-state index in [9.17, 15) is 4.39 Å². The van der Waals surface area contributed by atoms with E-state index in [1.807, 2.05) is 19.1 Å². The van der Waals surface area contributed by atoms with E-state index in [4.69, 9.17) is 0 Å². The molecule has 2 heterocycles. The lowest BCUT2D eigenvalue weighted by atomic mass is 10.1. The van der Waals surface area contributed by atoms with Gasteiger partial charge in [-0.25, -0.2) is 4.39 Å². The summed E-state index contributed by atoms with van der Waals surface area (Å²) in [4.78, 5) is 0. The van der Waals surface area contributed by atoms with Gasteiger partial charge in [0.1, 0.15) is 11.6 Å². The Morgan fingerprint density at radius 1 is 1.30 bits per heavy atom. The molecule has 0 spiro atoms. The van der Waals surface area contributed by atoms with E-state index < -0.39 is 0 Å². The summed E-state index contributed by atoms with van der Waals surface area (Å²) in [7, 11) is 0. The number of nitrogens with zero attached hydrogens (tertiary/aromatic N) is 5. The van der Waals surface area contributed by atoms with Crippen molar-refractivity contribution in [2.45, 2.75) is 19.4 Å². The largest absolute Gasteiger partial charge is 0.366 e. The summed E-state index contributed by atoms with van der Waals surface area (Å²) < 4.78 is 14.5. The van der Waals surface area contributed by atoms with Crippen LogP contribution in [0.15, 0.2) is 36.4 Å². The van der Waals surface area contributed by atoms with Crippen molar-refractivity contribution in [3.8, 4) is 0 Å². The van der Waals surface area contributed by atoms with Crippen molar-refractivity contribution in [2.75, 3.05) is 5.32 Å². The Hall–Kier alpha value is -2.57. The van der Waals surface area contributed by atoms with Crippen molar-refractivity contribution >= 4 is 11.5 Å². The summed E-state index contributed by atoms with van der Waals surface area (Å²) in [6.07, 6.45) is 0.701. The van der Waals surface area contributed by atoms with Gasteiger partial charge < -0.3 is 5.32 Å². The van der Waals surface area contributed by atoms with Crippen molar-refractivity contribution in [1.82, 2.24) is 25.3 Å². The molecule has 1 N–H and O–H groups in total. The Morgan fingerprint density at radius 2 is 2.20 bits per heavy atom. The smallest absolute Gasteiger partial charge is 0.200 e. The third kappa shape index (κ3) is 2.71. The zero-order valence-corrected chi connectivity index (χ0v) is 10.9. The van der Waals surface area contributed by atoms with Crippen molar-refractivity contribution in [3.05, 3.63) is 47.8 Å². The summed E-state index contributed by atoms with van der Waals surface area (Å²) in [6.45, 7) is 2.01. The number of aromatic nitrogens is 5. The number of halogens is 1. The highest BCUT2D eigenvalue weighted by Crippen LogP contribution is 2.10. The molecule has 102 valence electrons. The number of benzene rings is 1. The highest BCUT2D eigenvalue weighted by molar-refractivity contribution is 5.42. The Labute approximate surface area is 114 Å². The quantitative estimate of drug-likeness (QED) is 0.783. The molecular weight excluding hydrogens is 259 g/mol. The number of hydrogen-bond acceptors (Lipinski definition) is 5. The molecule has 0 radical (unpaired) electrons. The molecule has 1 aromatic carbocycles. The lowest BCUT2D eigenvalue weighted by Crippen LogP contribution is -2.19. The van der Waals surface area contributed by atoms with Gasteiger partial charge in [0.25, 0.3) is 0 Å². The lowest BCUT2D eigenvalue weighted by Gasteiger charge is -2.14. The fourth-order valence-electron chi connectivity index (χ4n) is 2.05. The van der Waals surface area contributed by atoms with Crippen LogP contribution in [0.2, 0.25) is 0 Å². The average Bonchev–Trinajstić information content (AvgIpc) is 2.86. The minimum atomic E-state index is -0.220. The first-order valence-electron chi connectivity index (χ1n) is 6.27. The molecular formula is C13H13FN6. The molecule has 0 aliphatic carbocycles. The number of tetrazole rings is 1. The predicted octanol–water partition coefficient (Wildman–Crippen LogP) is 1.70. The van der Waals surface area contributed by atoms with Gasteiger partial charge in [0.05, 0.1) is 0 Å². The molecule has 7 heteroatoms. The fraction of sp³-hybridized carbons (Fsp3) is 0.231. The summed E-state index contributed by atoms with van der Waals surface area (Å²) >= 11 is 0. The van der Waals surface area contributed by atoms with E-state index in [-0.39, 0.29) is 11.9 Å². The molecule has 6 nitrogen and oxygen atoms in total. The highest BCUT2D eigenvalue weighted by atomic mass is 19.1. The third-order valence-electron chi connectivity index (χ3n) is 2.89. The van der Waals surface area contributed by atoms with Crippen LogP contribution in [0.5, 0.6) is 0 Å². The fourth-order valence-corrected chi connectivity index (χ4v) is 2.05. The van der Waals surface area contributed by atoms with E-state index in [0.717, 1.165) is 5.56 Å². The molecule has 2 aromatic heterocycles. The van der Waals surface area contributed by atoms with Crippen molar-refractivity contribution in [1.29, 1.82) is 0 Å². The topological polar surface area (TPSA) is 68.0 Å². The van der Waals surface area contributed by atoms with E-state index in [1.54, 1.807) is 12.1 Å². The van der Waals surface area contributed by atoms with Crippen molar-refractivity contribution < 1.29 is 4.39 Å². The van der Waals surface area contributed by atoms with Crippen molar-refractivity contribution in [2.24, 2.45) is 0 Å². The van der Waals surface area contributed by atoms with Crippen LogP contribution in [-0.2, 0) is 6.42 Å². The normalized spacial score (nSPS) is 12.5. The maximum atomic E-state index is 13.1. The Bertz CT molecular complexity index is 725. The Kier molecular flexibility index (Phi) is 3.24. The van der Waals surface area contributed by atoms with Crippen LogP contribution in [-0.4, -0.2) is 31.3 Å². The molecule has 0 aliphatic rings. The molecule has 3 rings (SSSR count). The van der Waals surface area contributed by atoms with Crippen LogP contribution in [0, 0.1) is 5.82 Å². The van der Waals surface area contributed by atoms with Gasteiger partial charge in [0.2, 0.25) is 0 Å². The standard InChI is InChI=1S/C13H13FN6/c1-9(7-10-3-2-4-11(14)8-10)15-12-5-6-13-16-18-19-20(13)17-12/h2-6,8-9H,7H2,1H3,(H,15,17). The van der Waals surface area contributed by atoms with Gasteiger partial charge in [0.15, 0.2) is 5.65 Å². The first kappa shape index (κ1) is 12.5. The molecule has 1 atom stereocenters. The Morgan fingerprint density at radius 3 is 3.05 bits per heavy atom. The summed E-state index contributed by atoms with van der Waals surface area (Å²) in [6, 6.07) is 10.3. The van der Waals surface area contributed by atoms with Gasteiger partial charge in [-0.1, -0.05) is 12.1 Å². The van der Waals surface area contributed by atoms with Gasteiger partial charge in [0, 0.05) is 6.04 Å². The van der Waals surface area contributed by atoms with Gasteiger partial charge in [-0.05, 0) is 53.6 Å². The molecule has 1 unspecified atom stereocenters. The second-order valence-electron chi connectivity index (χ2n) is 4.62. The molecule has 3 aromatic rings. The van der Waals surface area contributed by atoms with Crippen LogP contribution in [0.1, 0.15) is 12.5 Å². The van der Waals surface area contributed by atoms with Gasteiger partial charge in [-0.15, -0.1) is 14.8 Å². The first-order valence-corrected chi connectivity index (χ1v) is 6.27. The van der Waals surface area contributed by atoms with E-state index in [1.165, 1.54) is 16.8 Å². The second-order valence-corrected chi connectivity index (χ2v) is 4.62. The molecule has 0 bridgehead atoms. The van der Waals surface area contributed by atoms with E-state index in [0.29, 0.717) is 17.9 Å². The van der Waals surface area contributed by atoms with Crippen LogP contribution in [0.3, 0.4) is 0 Å². The number of hydrogen-bond donors (Lipinski definition) is 1. The SMILES string of the molecule is CC(Cc1cccc(F)c1)Nc1ccc2nnnn2n1. The number of rotatable bonds is 4. The highest BCUT2D eigenvalue weighted by Gasteiger charge is 2.07. The lowest BCUT2D eigenvalue weighted by molar-refractivity contribution is 0.623. The molecule has 0 saturated carbocycles. The minimum absolute atomic E-state index is 0.109. The maximum absolute atomic E-state index is 13.1. The van der Waals surface area contributed by atoms with Crippen LogP contribution in [0.25, 0.3) is 5.65 Å². The van der Waals surface area contributed by atoms with Crippen molar-refractivity contribution in [3.63, 3.8) is 0 Å². The maximum Gasteiger partial charge on any atom is 0.200 e. The summed E-state index contributed by atoms with van der Waals surface area (Å²) in [5.41, 5.74) is 1.53. The Balaban J connectivity index is 1.70. The molecule has 0 saturated heterocycles. The van der Waals surface area contributed by atoms with Gasteiger partial charge in [-0.2, -0.15) is 0 Å². The van der Waals surface area contributed by atoms with Gasteiger partial charge >= 0.3 is 0 Å². The number of nitrogens with one attached hydrogen (secondary N) is 1. The third-order valence-corrected chi connectivity index (χ3v) is 2.89. The molecule has 0 aliphatic heterocycles. The van der Waals surface area contributed by atoms with Gasteiger partial charge in [-0.3, -0.25) is 0 Å². The number of anilines is 1. The summed E-state index contributed by atoms with van der Waals surface area (Å²) in [5.74, 6) is 0.455. The zero-order valence-electron chi connectivity index (χ0n) is 10.9. The monoisotopic (exact) mass is 272 g/mol. The second kappa shape index (κ2) is 5.20. The van der Waals surface area contributed by atoms with E-state index >= 15 is 0 Å². The van der Waals surface area contributed by atoms with E-state index in [2.05, 4.69) is 25.9 Å². The molecule has 20 heavy (non-hydrogen) atoms. The van der Waals surface area contributed by atoms with Crippen LogP contribution in [0.4, 0.5) is 10.2 Å². The molecule has 0 fully saturated rings.